The lowest BCUT2D eigenvalue weighted by Gasteiger charge is -2.12. The molecule has 0 saturated heterocycles. The molecule has 0 saturated carbocycles. The molecule has 0 atom stereocenters. The van der Waals surface area contributed by atoms with Crippen LogP contribution in [-0.4, -0.2) is 11.2 Å². The second-order valence-corrected chi connectivity index (χ2v) is 4.11. The van der Waals surface area contributed by atoms with Crippen LogP contribution in [0.15, 0.2) is 24.3 Å². The third-order valence-electron chi connectivity index (χ3n) is 1.50. The first-order valence-electron chi connectivity index (χ1n) is 4.41. The van der Waals surface area contributed by atoms with E-state index in [0.717, 1.165) is 5.69 Å². The van der Waals surface area contributed by atoms with Crippen LogP contribution < -0.4 is 10.6 Å². The van der Waals surface area contributed by atoms with Gasteiger partial charge in [0.05, 0.1) is 0 Å². The molecule has 84 valence electrons. The molecule has 0 amide bonds. The summed E-state index contributed by atoms with van der Waals surface area (Å²) in [7, 11) is 0. The quantitative estimate of drug-likeness (QED) is 0.801. The van der Waals surface area contributed by atoms with Gasteiger partial charge in [0.15, 0.2) is 5.11 Å². The molecule has 1 aromatic carbocycles. The molecular formula is C10H15ClN2S2. The van der Waals surface area contributed by atoms with Crippen LogP contribution in [0.1, 0.15) is 13.8 Å². The van der Waals surface area contributed by atoms with E-state index in [1.54, 1.807) is 0 Å². The monoisotopic (exact) mass is 262 g/mol. The maximum atomic E-state index is 5.83. The molecule has 0 aliphatic rings. The molecule has 0 aliphatic carbocycles. The van der Waals surface area contributed by atoms with Crippen LogP contribution in [0.5, 0.6) is 0 Å². The Morgan fingerprint density at radius 3 is 2.60 bits per heavy atom. The van der Waals surface area contributed by atoms with Crippen LogP contribution in [0.2, 0.25) is 5.02 Å². The molecule has 0 unspecified atom stereocenters. The summed E-state index contributed by atoms with van der Waals surface area (Å²) in [6, 6.07) is 7.78. The fraction of sp³-hybridized carbons (Fsp3) is 0.300. The lowest BCUT2D eigenvalue weighted by molar-refractivity contribution is 0.739. The van der Waals surface area contributed by atoms with Crippen molar-refractivity contribution in [1.29, 1.82) is 0 Å². The lowest BCUT2D eigenvalue weighted by atomic mass is 10.3. The molecule has 15 heavy (non-hydrogen) atoms. The topological polar surface area (TPSA) is 24.1 Å². The maximum Gasteiger partial charge on any atom is 0.170 e. The van der Waals surface area contributed by atoms with E-state index in [2.05, 4.69) is 10.6 Å². The summed E-state index contributed by atoms with van der Waals surface area (Å²) in [5.41, 5.74) is 0.899. The maximum absolute atomic E-state index is 5.83. The molecule has 0 fully saturated rings. The van der Waals surface area contributed by atoms with Gasteiger partial charge in [-0.2, -0.15) is 13.5 Å². The first-order chi connectivity index (χ1) is 6.58. The number of hydrogen-bond acceptors (Lipinski definition) is 1. The first kappa shape index (κ1) is 14.6. The largest absolute Gasteiger partial charge is 0.360 e. The van der Waals surface area contributed by atoms with Crippen molar-refractivity contribution < 1.29 is 0 Å². The SMILES string of the molecule is CC(C)NC(=S)Nc1cccc(Cl)c1.S. The van der Waals surface area contributed by atoms with E-state index in [1.807, 2.05) is 38.1 Å². The molecule has 0 radical (unpaired) electrons. The van der Waals surface area contributed by atoms with Crippen LogP contribution in [0.4, 0.5) is 5.69 Å². The van der Waals surface area contributed by atoms with Crippen molar-refractivity contribution in [3.05, 3.63) is 29.3 Å². The zero-order valence-corrected chi connectivity index (χ0v) is 11.2. The smallest absolute Gasteiger partial charge is 0.170 e. The molecular weight excluding hydrogens is 248 g/mol. The average Bonchev–Trinajstić information content (AvgIpc) is 2.01. The highest BCUT2D eigenvalue weighted by molar-refractivity contribution is 7.80. The number of hydrogen-bond donors (Lipinski definition) is 2. The van der Waals surface area contributed by atoms with E-state index in [-0.39, 0.29) is 13.5 Å². The standard InChI is InChI=1S/C10H13ClN2S.H2S/c1-7(2)12-10(14)13-9-5-3-4-8(11)6-9;/h3-7H,1-2H3,(H2,12,13,14);1H2. The summed E-state index contributed by atoms with van der Waals surface area (Å²) in [5, 5.41) is 7.45. The highest BCUT2D eigenvalue weighted by Crippen LogP contribution is 2.14. The van der Waals surface area contributed by atoms with E-state index < -0.39 is 0 Å². The van der Waals surface area contributed by atoms with Gasteiger partial charge in [-0.1, -0.05) is 17.7 Å². The zero-order chi connectivity index (χ0) is 10.6. The highest BCUT2D eigenvalue weighted by Gasteiger charge is 1.99. The lowest BCUT2D eigenvalue weighted by Crippen LogP contribution is -2.33. The van der Waals surface area contributed by atoms with Gasteiger partial charge < -0.3 is 10.6 Å². The summed E-state index contributed by atoms with van der Waals surface area (Å²) in [5.74, 6) is 0. The Morgan fingerprint density at radius 2 is 2.07 bits per heavy atom. The zero-order valence-electron chi connectivity index (χ0n) is 8.67. The first-order valence-corrected chi connectivity index (χ1v) is 5.19. The van der Waals surface area contributed by atoms with E-state index in [9.17, 15) is 0 Å². The van der Waals surface area contributed by atoms with Gasteiger partial charge in [-0.15, -0.1) is 0 Å². The van der Waals surface area contributed by atoms with Gasteiger partial charge in [-0.05, 0) is 44.3 Å². The average molecular weight is 263 g/mol. The van der Waals surface area contributed by atoms with Crippen LogP contribution in [0.3, 0.4) is 0 Å². The predicted molar refractivity (Wildman–Crippen MR) is 76.3 cm³/mol. The van der Waals surface area contributed by atoms with Crippen molar-refractivity contribution in [2.45, 2.75) is 19.9 Å². The van der Waals surface area contributed by atoms with E-state index in [0.29, 0.717) is 16.2 Å². The van der Waals surface area contributed by atoms with Crippen molar-refractivity contribution in [3.8, 4) is 0 Å². The van der Waals surface area contributed by atoms with Gasteiger partial charge in [0.1, 0.15) is 0 Å². The van der Waals surface area contributed by atoms with E-state index in [1.165, 1.54) is 0 Å². The van der Waals surface area contributed by atoms with Gasteiger partial charge >= 0.3 is 0 Å². The number of anilines is 1. The van der Waals surface area contributed by atoms with Crippen molar-refractivity contribution >= 4 is 48.1 Å². The molecule has 0 heterocycles. The van der Waals surface area contributed by atoms with Gasteiger partial charge in [-0.3, -0.25) is 0 Å². The Hall–Kier alpha value is -0.450. The number of thiocarbonyl (C=S) groups is 1. The summed E-state index contributed by atoms with van der Waals surface area (Å²) in [4.78, 5) is 0. The van der Waals surface area contributed by atoms with Crippen LogP contribution in [0, 0.1) is 0 Å². The normalized spacial score (nSPS) is 9.33. The van der Waals surface area contributed by atoms with Crippen LogP contribution >= 0.6 is 37.3 Å². The number of benzene rings is 1. The van der Waals surface area contributed by atoms with Crippen molar-refractivity contribution in [2.24, 2.45) is 0 Å². The summed E-state index contributed by atoms with van der Waals surface area (Å²) in [6.45, 7) is 4.07. The molecule has 2 nitrogen and oxygen atoms in total. The molecule has 0 aromatic heterocycles. The van der Waals surface area contributed by atoms with Crippen LogP contribution in [-0.2, 0) is 0 Å². The molecule has 1 aromatic rings. The summed E-state index contributed by atoms with van der Waals surface area (Å²) >= 11 is 10.9. The van der Waals surface area contributed by atoms with Gasteiger partial charge in [-0.25, -0.2) is 0 Å². The minimum absolute atomic E-state index is 0. The summed E-state index contributed by atoms with van der Waals surface area (Å²) in [6.07, 6.45) is 0. The van der Waals surface area contributed by atoms with E-state index in [4.69, 9.17) is 23.8 Å². The van der Waals surface area contributed by atoms with Crippen molar-refractivity contribution in [1.82, 2.24) is 5.32 Å². The Kier molecular flexibility index (Phi) is 6.72. The number of rotatable bonds is 2. The minimum Gasteiger partial charge on any atom is -0.360 e. The summed E-state index contributed by atoms with van der Waals surface area (Å²) < 4.78 is 0. The molecule has 0 aliphatic heterocycles. The van der Waals surface area contributed by atoms with Crippen molar-refractivity contribution in [2.75, 3.05) is 5.32 Å². The van der Waals surface area contributed by atoms with Crippen molar-refractivity contribution in [3.63, 3.8) is 0 Å². The Balaban J connectivity index is 0.00000196. The molecule has 5 heteroatoms. The fourth-order valence-electron chi connectivity index (χ4n) is 0.996. The number of halogens is 1. The predicted octanol–water partition coefficient (Wildman–Crippen LogP) is 3.15. The molecule has 2 N–H and O–H groups in total. The fourth-order valence-corrected chi connectivity index (χ4v) is 1.54. The Bertz CT molecular complexity index is 329. The second-order valence-electron chi connectivity index (χ2n) is 3.26. The molecule has 1 rings (SSSR count). The van der Waals surface area contributed by atoms with Gasteiger partial charge in [0.25, 0.3) is 0 Å². The third kappa shape index (κ3) is 5.87. The highest BCUT2D eigenvalue weighted by atomic mass is 35.5. The van der Waals surface area contributed by atoms with Gasteiger partial charge in [0.2, 0.25) is 0 Å². The second kappa shape index (κ2) is 6.93. The molecule has 0 spiro atoms. The van der Waals surface area contributed by atoms with Crippen LogP contribution in [0.25, 0.3) is 0 Å². The third-order valence-corrected chi connectivity index (χ3v) is 1.96. The van der Waals surface area contributed by atoms with E-state index >= 15 is 0 Å². The Morgan fingerprint density at radius 1 is 1.40 bits per heavy atom. The van der Waals surface area contributed by atoms with Gasteiger partial charge in [0, 0.05) is 16.8 Å². The number of nitrogens with one attached hydrogen (secondary N) is 2. The minimum atomic E-state index is 0. The Labute approximate surface area is 108 Å². The molecule has 0 bridgehead atoms.